The first-order valence-corrected chi connectivity index (χ1v) is 11.6. The fourth-order valence-electron chi connectivity index (χ4n) is 4.77. The van der Waals surface area contributed by atoms with Crippen molar-refractivity contribution in [1.82, 2.24) is 29.9 Å². The average Bonchev–Trinajstić information content (AvgIpc) is 3.32. The molecule has 4 heterocycles. The van der Waals surface area contributed by atoms with Gasteiger partial charge in [-0.2, -0.15) is 18.3 Å². The standard InChI is InChI=1S/C25H23F4N7O/c1-34(24(37)18-4-3-15(26)13-20(18)25(27,28)29)16-7-11-36(12-8-16)23-19-14-30-9-5-17(19)22(32-33-23)21-6-10-31-35(21)2/h3-6,9-10,13-14,16H,7-8,11-12H2,1-2H3. The van der Waals surface area contributed by atoms with Gasteiger partial charge in [0.2, 0.25) is 0 Å². The van der Waals surface area contributed by atoms with Gasteiger partial charge in [-0.15, -0.1) is 10.2 Å². The number of nitrogens with zero attached hydrogens (tertiary/aromatic N) is 7. The van der Waals surface area contributed by atoms with Crippen LogP contribution in [0.15, 0.2) is 48.9 Å². The molecule has 5 rings (SSSR count). The van der Waals surface area contributed by atoms with Crippen molar-refractivity contribution < 1.29 is 22.4 Å². The number of aromatic nitrogens is 5. The predicted molar refractivity (Wildman–Crippen MR) is 128 cm³/mol. The van der Waals surface area contributed by atoms with Gasteiger partial charge in [0.05, 0.1) is 16.8 Å². The SMILES string of the molecule is CN(C(=O)c1ccc(F)cc1C(F)(F)F)C1CCN(c2nnc(-c3ccnn3C)c3ccncc23)CC1. The minimum Gasteiger partial charge on any atom is -0.354 e. The van der Waals surface area contributed by atoms with Gasteiger partial charge in [0.1, 0.15) is 11.5 Å². The zero-order chi connectivity index (χ0) is 26.3. The maximum atomic E-state index is 13.5. The lowest BCUT2D eigenvalue weighted by Crippen LogP contribution is -2.46. The smallest absolute Gasteiger partial charge is 0.354 e. The highest BCUT2D eigenvalue weighted by molar-refractivity contribution is 5.99. The van der Waals surface area contributed by atoms with Gasteiger partial charge in [0.15, 0.2) is 5.82 Å². The van der Waals surface area contributed by atoms with Gasteiger partial charge in [0, 0.05) is 62.6 Å². The number of benzene rings is 1. The number of pyridine rings is 1. The Hall–Kier alpha value is -4.09. The number of alkyl halides is 3. The lowest BCUT2D eigenvalue weighted by atomic mass is 10.00. The molecule has 0 unspecified atom stereocenters. The Morgan fingerprint density at radius 3 is 2.49 bits per heavy atom. The maximum absolute atomic E-state index is 13.5. The minimum atomic E-state index is -4.84. The highest BCUT2D eigenvalue weighted by Crippen LogP contribution is 2.35. The van der Waals surface area contributed by atoms with Gasteiger partial charge >= 0.3 is 6.18 Å². The van der Waals surface area contributed by atoms with Crippen LogP contribution in [0.1, 0.15) is 28.8 Å². The Balaban J connectivity index is 1.36. The van der Waals surface area contributed by atoms with E-state index in [0.717, 1.165) is 28.6 Å². The quantitative estimate of drug-likeness (QED) is 0.378. The van der Waals surface area contributed by atoms with Crippen molar-refractivity contribution in [2.75, 3.05) is 25.0 Å². The van der Waals surface area contributed by atoms with Crippen LogP contribution in [0.2, 0.25) is 0 Å². The first-order chi connectivity index (χ1) is 17.6. The number of hydrogen-bond donors (Lipinski definition) is 0. The number of fused-ring (bicyclic) bond motifs is 1. The monoisotopic (exact) mass is 513 g/mol. The van der Waals surface area contributed by atoms with E-state index >= 15 is 0 Å². The van der Waals surface area contributed by atoms with E-state index in [1.165, 1.54) is 11.9 Å². The summed E-state index contributed by atoms with van der Waals surface area (Å²) in [7, 11) is 3.30. The average molecular weight is 513 g/mol. The van der Waals surface area contributed by atoms with E-state index in [-0.39, 0.29) is 6.04 Å². The second-order valence-electron chi connectivity index (χ2n) is 8.96. The van der Waals surface area contributed by atoms with Crippen LogP contribution in [-0.2, 0) is 13.2 Å². The normalized spacial score (nSPS) is 14.8. The number of aryl methyl sites for hydroxylation is 1. The number of piperidine rings is 1. The van der Waals surface area contributed by atoms with E-state index in [1.54, 1.807) is 23.3 Å². The summed E-state index contributed by atoms with van der Waals surface area (Å²) in [5.41, 5.74) is -0.341. The van der Waals surface area contributed by atoms with Crippen molar-refractivity contribution in [3.63, 3.8) is 0 Å². The van der Waals surface area contributed by atoms with Gasteiger partial charge in [-0.3, -0.25) is 14.5 Å². The van der Waals surface area contributed by atoms with Crippen LogP contribution in [0.4, 0.5) is 23.4 Å². The topological polar surface area (TPSA) is 80.0 Å². The van der Waals surface area contributed by atoms with E-state index in [0.29, 0.717) is 43.5 Å². The maximum Gasteiger partial charge on any atom is 0.417 e. The van der Waals surface area contributed by atoms with Crippen LogP contribution in [0, 0.1) is 5.82 Å². The molecule has 0 saturated carbocycles. The lowest BCUT2D eigenvalue weighted by Gasteiger charge is -2.37. The van der Waals surface area contributed by atoms with Crippen molar-refractivity contribution in [3.8, 4) is 11.4 Å². The van der Waals surface area contributed by atoms with Crippen molar-refractivity contribution in [3.05, 3.63) is 65.9 Å². The summed E-state index contributed by atoms with van der Waals surface area (Å²) in [5.74, 6) is -1.18. The van der Waals surface area contributed by atoms with E-state index < -0.39 is 29.0 Å². The number of anilines is 1. The highest BCUT2D eigenvalue weighted by atomic mass is 19.4. The van der Waals surface area contributed by atoms with Crippen LogP contribution in [0.3, 0.4) is 0 Å². The molecule has 4 aromatic rings. The fraction of sp³-hybridized carbons (Fsp3) is 0.320. The number of amides is 1. The summed E-state index contributed by atoms with van der Waals surface area (Å²) in [5, 5.41) is 14.8. The Morgan fingerprint density at radius 1 is 1.05 bits per heavy atom. The Labute approximate surface area is 209 Å². The molecule has 0 N–H and O–H groups in total. The molecule has 0 atom stereocenters. The molecular weight excluding hydrogens is 490 g/mol. The Morgan fingerprint density at radius 2 is 1.81 bits per heavy atom. The van der Waals surface area contributed by atoms with Gasteiger partial charge in [0.25, 0.3) is 5.91 Å². The third-order valence-corrected chi connectivity index (χ3v) is 6.77. The lowest BCUT2D eigenvalue weighted by molar-refractivity contribution is -0.138. The highest BCUT2D eigenvalue weighted by Gasteiger charge is 2.37. The van der Waals surface area contributed by atoms with Gasteiger partial charge < -0.3 is 9.80 Å². The second kappa shape index (κ2) is 9.41. The molecule has 0 spiro atoms. The molecule has 0 radical (unpaired) electrons. The van der Waals surface area contributed by atoms with Crippen LogP contribution < -0.4 is 4.90 Å². The second-order valence-corrected chi connectivity index (χ2v) is 8.96. The van der Waals surface area contributed by atoms with Gasteiger partial charge in [-0.05, 0) is 43.2 Å². The molecular formula is C25H23F4N7O. The predicted octanol–water partition coefficient (Wildman–Crippen LogP) is 4.32. The molecule has 1 amide bonds. The zero-order valence-corrected chi connectivity index (χ0v) is 20.1. The molecule has 1 fully saturated rings. The number of carbonyl (C=O) groups excluding carboxylic acids is 1. The van der Waals surface area contributed by atoms with E-state index in [4.69, 9.17) is 0 Å². The van der Waals surface area contributed by atoms with Gasteiger partial charge in [-0.1, -0.05) is 0 Å². The third-order valence-electron chi connectivity index (χ3n) is 6.77. The van der Waals surface area contributed by atoms with Crippen LogP contribution >= 0.6 is 0 Å². The van der Waals surface area contributed by atoms with E-state index in [2.05, 4.69) is 20.3 Å². The van der Waals surface area contributed by atoms with Crippen molar-refractivity contribution in [2.24, 2.45) is 7.05 Å². The first kappa shape index (κ1) is 24.6. The molecule has 0 aliphatic carbocycles. The van der Waals surface area contributed by atoms with E-state index in [1.807, 2.05) is 24.1 Å². The number of hydrogen-bond acceptors (Lipinski definition) is 6. The zero-order valence-electron chi connectivity index (χ0n) is 20.1. The minimum absolute atomic E-state index is 0.291. The van der Waals surface area contributed by atoms with Crippen molar-refractivity contribution in [1.29, 1.82) is 0 Å². The fourth-order valence-corrected chi connectivity index (χ4v) is 4.77. The summed E-state index contributed by atoms with van der Waals surface area (Å²) >= 11 is 0. The Bertz CT molecular complexity index is 1460. The number of rotatable bonds is 4. The molecule has 1 aliphatic rings. The third kappa shape index (κ3) is 4.58. The largest absolute Gasteiger partial charge is 0.417 e. The molecule has 3 aromatic heterocycles. The Kier molecular flexibility index (Phi) is 6.26. The summed E-state index contributed by atoms with van der Waals surface area (Å²) in [6.45, 7) is 1.03. The molecule has 192 valence electrons. The molecule has 12 heteroatoms. The summed E-state index contributed by atoms with van der Waals surface area (Å²) < 4.78 is 55.5. The van der Waals surface area contributed by atoms with Crippen molar-refractivity contribution in [2.45, 2.75) is 25.1 Å². The summed E-state index contributed by atoms with van der Waals surface area (Å²) in [4.78, 5) is 20.6. The van der Waals surface area contributed by atoms with Crippen LogP contribution in [0.5, 0.6) is 0 Å². The molecule has 8 nitrogen and oxygen atoms in total. The number of carbonyl (C=O) groups is 1. The van der Waals surface area contributed by atoms with Gasteiger partial charge in [-0.25, -0.2) is 4.39 Å². The first-order valence-electron chi connectivity index (χ1n) is 11.6. The van der Waals surface area contributed by atoms with E-state index in [9.17, 15) is 22.4 Å². The molecule has 1 saturated heterocycles. The summed E-state index contributed by atoms with van der Waals surface area (Å²) in [6.07, 6.45) is 1.28. The molecule has 37 heavy (non-hydrogen) atoms. The summed E-state index contributed by atoms with van der Waals surface area (Å²) in [6, 6.07) is 5.55. The molecule has 1 aliphatic heterocycles. The van der Waals surface area contributed by atoms with Crippen molar-refractivity contribution >= 4 is 22.5 Å². The molecule has 0 bridgehead atoms. The van der Waals surface area contributed by atoms with Crippen LogP contribution in [-0.4, -0.2) is 61.9 Å². The molecule has 1 aromatic carbocycles. The van der Waals surface area contributed by atoms with Crippen LogP contribution in [0.25, 0.3) is 22.2 Å². The number of halogens is 4.